The molecule has 0 bridgehead atoms. The van der Waals surface area contributed by atoms with E-state index in [4.69, 9.17) is 19.9 Å². The maximum Gasteiger partial charge on any atom is 0.410 e. The lowest BCUT2D eigenvalue weighted by molar-refractivity contribution is -0.148. The highest BCUT2D eigenvalue weighted by Gasteiger charge is 2.44. The zero-order chi connectivity index (χ0) is 71.7. The molecule has 0 radical (unpaired) electrons. The minimum Gasteiger partial charge on any atom is -0.445 e. The van der Waals surface area contributed by atoms with Gasteiger partial charge in [0.15, 0.2) is 11.6 Å². The van der Waals surface area contributed by atoms with Crippen molar-refractivity contribution in [2.45, 2.75) is 207 Å². The van der Waals surface area contributed by atoms with Gasteiger partial charge in [-0.25, -0.2) is 9.59 Å². The summed E-state index contributed by atoms with van der Waals surface area (Å²) in [7, 11) is 6.08. The van der Waals surface area contributed by atoms with Gasteiger partial charge in [-0.15, -0.1) is 11.8 Å². The maximum atomic E-state index is 14.8. The number of ether oxygens (including phenoxy) is 3. The summed E-state index contributed by atoms with van der Waals surface area (Å²) in [5, 5.41) is 27.7. The highest BCUT2D eigenvalue weighted by Crippen LogP contribution is 2.32. The Morgan fingerprint density at radius 1 is 0.750 bits per heavy atom. The number of hydrogen-bond acceptors (Lipinski definition) is 16. The molecule has 2 aromatic rings. The first kappa shape index (κ1) is 81.0. The van der Waals surface area contributed by atoms with Crippen LogP contribution in [0.1, 0.15) is 157 Å². The minimum absolute atomic E-state index is 0.0865. The molecule has 4 rings (SSSR count). The summed E-state index contributed by atoms with van der Waals surface area (Å²) in [6, 6.07) is 8.76. The molecule has 1 fully saturated rings. The number of urea groups is 1. The highest BCUT2D eigenvalue weighted by molar-refractivity contribution is 8.03. The van der Waals surface area contributed by atoms with Crippen molar-refractivity contribution in [3.63, 3.8) is 0 Å². The van der Waals surface area contributed by atoms with E-state index >= 15 is 0 Å². The molecule has 2 aliphatic rings. The number of rotatable bonds is 39. The Morgan fingerprint density at radius 2 is 1.41 bits per heavy atom. The molecular weight excluding hydrogens is 1250 g/mol. The molecule has 0 spiro atoms. The number of nitrogens with zero attached hydrogens (tertiary/aromatic N) is 3. The van der Waals surface area contributed by atoms with Crippen LogP contribution in [0.3, 0.4) is 0 Å². The number of nitrogens with two attached hydrogens (primary N) is 1. The minimum atomic E-state index is -1.11. The second kappa shape index (κ2) is 39.7. The Morgan fingerprint density at radius 3 is 1.98 bits per heavy atom. The third kappa shape index (κ3) is 23.4. The summed E-state index contributed by atoms with van der Waals surface area (Å²) >= 11 is 1.25. The molecule has 10 amide bonds. The molecule has 25 nitrogen and oxygen atoms in total. The Hall–Kier alpha value is -7.42. The molecule has 2 aromatic carbocycles. The predicted octanol–water partition coefficient (Wildman–Crippen LogP) is 6.56. The number of carbonyl (C=O) groups is 11. The third-order valence-electron chi connectivity index (χ3n) is 18.3. The van der Waals surface area contributed by atoms with E-state index in [1.807, 2.05) is 32.0 Å². The number of aliphatic hydroxyl groups excluding tert-OH is 1. The van der Waals surface area contributed by atoms with Crippen LogP contribution in [-0.4, -0.2) is 187 Å². The molecule has 13 atom stereocenters. The first-order chi connectivity index (χ1) is 45.4. The summed E-state index contributed by atoms with van der Waals surface area (Å²) in [6.07, 6.45) is 4.20. The van der Waals surface area contributed by atoms with Crippen LogP contribution in [0.2, 0.25) is 0 Å². The summed E-state index contributed by atoms with van der Waals surface area (Å²) in [5.41, 5.74) is 6.79. The number of primary amides is 1. The van der Waals surface area contributed by atoms with E-state index in [1.165, 1.54) is 44.0 Å². The molecule has 534 valence electrons. The molecule has 9 N–H and O–H groups in total. The van der Waals surface area contributed by atoms with Gasteiger partial charge < -0.3 is 66.8 Å². The first-order valence-corrected chi connectivity index (χ1v) is 34.9. The standard InChI is InChI=1S/C70H108N10O15S/c1-16-43(8)60(53(93-13)38-56(83)80-36-24-29-51(80)63(94-14)44(9)64(86)73-45(10)61(84)47-25-19-17-20-26-47)78(11)68(90)58(41(4)5)77-67(89)59(42(6)7)79(12)70(92)95-39-46-31-33-48(34-32-46)74-65(87)50(28-23-35-72-69(71)91)75-66(88)57(40(2)3)76-55(82)30-22-18-21-27-49-52(81)37-54(96-15)62(49)85/h17,19-20,25-26,31-34,37,40-45,49-51,53,57-61,63,84H,16,18,21-24,27-30,35-36,38-39H2,1-15H3,(H,73,86)(H,74,87)(H,75,88)(H,76,82)(H,77,89)(H3,71,72,91)/t43-,44+,45+,49?,50-,51-,53+,57-,58-,59-,60-,61+,63+/m0/s1. The number of nitrogens with one attached hydrogen (secondary N) is 6. The molecule has 1 heterocycles. The average molecular weight is 1360 g/mol. The number of amides is 10. The van der Waals surface area contributed by atoms with Crippen molar-refractivity contribution in [2.24, 2.45) is 41.2 Å². The topological polar surface area (TPSA) is 344 Å². The SMILES string of the molecule is CC[C@H](C)[C@@H]([C@@H](CC(=O)N1CCC[C@H]1[C@H](OC)[C@@H](C)C(=O)N[C@H](C)[C@@H](O)c1ccccc1)OC)N(C)C(=O)[C@@H](NC(=O)[C@H](C(C)C)N(C)C(=O)OCc1ccc(NC(=O)[C@H](CCCNC(N)=O)NC(=O)[C@@H](NC(=O)CCCCCC2C(=O)C=C(SC)C2=O)C(C)C)cc1)C(C)C. The lowest BCUT2D eigenvalue weighted by Crippen LogP contribution is -2.60. The third-order valence-corrected chi connectivity index (χ3v) is 19.1. The van der Waals surface area contributed by atoms with Gasteiger partial charge in [0.25, 0.3) is 0 Å². The average Bonchev–Trinajstić information content (AvgIpc) is 1.42. The summed E-state index contributed by atoms with van der Waals surface area (Å²) < 4.78 is 17.8. The number of Topliss-reactive ketones (excluding diaryl/α,β-unsaturated/α-hetero) is 1. The predicted molar refractivity (Wildman–Crippen MR) is 367 cm³/mol. The van der Waals surface area contributed by atoms with E-state index in [0.717, 1.165) is 0 Å². The van der Waals surface area contributed by atoms with Gasteiger partial charge in [0.05, 0.1) is 59.6 Å². The second-order valence-corrected chi connectivity index (χ2v) is 27.3. The molecule has 26 heteroatoms. The summed E-state index contributed by atoms with van der Waals surface area (Å²) in [4.78, 5) is 153. The van der Waals surface area contributed by atoms with E-state index in [-0.39, 0.29) is 80.0 Å². The molecule has 1 aliphatic heterocycles. The van der Waals surface area contributed by atoms with Gasteiger partial charge >= 0.3 is 12.1 Å². The Kier molecular flexibility index (Phi) is 33.5. The molecule has 1 aliphatic carbocycles. The number of anilines is 1. The van der Waals surface area contributed by atoms with E-state index in [2.05, 4.69) is 31.9 Å². The fraction of sp³-hybridized carbons (Fsp3) is 0.643. The Labute approximate surface area is 571 Å². The van der Waals surface area contributed by atoms with Crippen molar-refractivity contribution in [1.29, 1.82) is 0 Å². The van der Waals surface area contributed by atoms with Crippen LogP contribution in [-0.2, 0) is 64.0 Å². The van der Waals surface area contributed by atoms with Crippen molar-refractivity contribution in [3.05, 3.63) is 76.7 Å². The zero-order valence-corrected chi connectivity index (χ0v) is 59.7. The van der Waals surface area contributed by atoms with Crippen molar-refractivity contribution in [1.82, 2.24) is 41.3 Å². The number of thioether (sulfide) groups is 1. The second-order valence-electron chi connectivity index (χ2n) is 26.4. The van der Waals surface area contributed by atoms with Crippen LogP contribution in [0, 0.1) is 35.5 Å². The first-order valence-electron chi connectivity index (χ1n) is 33.6. The largest absolute Gasteiger partial charge is 0.445 e. The fourth-order valence-electron chi connectivity index (χ4n) is 12.5. The lowest BCUT2D eigenvalue weighted by atomic mass is 9.89. The number of allylic oxidation sites excluding steroid dienone is 2. The van der Waals surface area contributed by atoms with Crippen LogP contribution in [0.5, 0.6) is 0 Å². The van der Waals surface area contributed by atoms with Gasteiger partial charge in [0, 0.05) is 53.5 Å². The van der Waals surface area contributed by atoms with Crippen molar-refractivity contribution in [2.75, 3.05) is 53.0 Å². The molecule has 0 aromatic heterocycles. The molecule has 1 saturated heterocycles. The number of benzene rings is 2. The van der Waals surface area contributed by atoms with Crippen molar-refractivity contribution in [3.8, 4) is 0 Å². The summed E-state index contributed by atoms with van der Waals surface area (Å²) in [5.74, 6) is -6.28. The number of aliphatic hydroxyl groups is 1. The van der Waals surface area contributed by atoms with Gasteiger partial charge in [-0.3, -0.25) is 48.1 Å². The van der Waals surface area contributed by atoms with E-state index in [9.17, 15) is 57.8 Å². The number of methoxy groups -OCH3 is 2. The van der Waals surface area contributed by atoms with E-state index in [0.29, 0.717) is 73.2 Å². The Bertz CT molecular complexity index is 2970. The quantitative estimate of drug-likeness (QED) is 0.0260. The number of ketones is 2. The number of hydrogen-bond donors (Lipinski definition) is 8. The highest BCUT2D eigenvalue weighted by atomic mass is 32.2. The summed E-state index contributed by atoms with van der Waals surface area (Å²) in [6.45, 7) is 18.4. The van der Waals surface area contributed by atoms with Gasteiger partial charge in [0.1, 0.15) is 30.8 Å². The smallest absolute Gasteiger partial charge is 0.410 e. The monoisotopic (exact) mass is 1360 g/mol. The molecular formula is C70H108N10O15S. The van der Waals surface area contributed by atoms with Crippen LogP contribution in [0.4, 0.5) is 15.3 Å². The number of likely N-dealkylation sites (tertiary alicyclic amines) is 1. The van der Waals surface area contributed by atoms with Gasteiger partial charge in [-0.1, -0.05) is 124 Å². The van der Waals surface area contributed by atoms with Crippen LogP contribution >= 0.6 is 11.8 Å². The normalized spacial score (nSPS) is 18.2. The number of likely N-dealkylation sites (N-methyl/N-ethyl adjacent to an activating group) is 2. The van der Waals surface area contributed by atoms with Gasteiger partial charge in [-0.2, -0.15) is 0 Å². The number of carbonyl (C=O) groups excluding carboxylic acids is 11. The Balaban J connectivity index is 1.37. The zero-order valence-electron chi connectivity index (χ0n) is 58.9. The van der Waals surface area contributed by atoms with E-state index in [1.54, 1.807) is 115 Å². The van der Waals surface area contributed by atoms with Crippen LogP contribution < -0.4 is 37.6 Å². The van der Waals surface area contributed by atoms with Crippen LogP contribution in [0.15, 0.2) is 65.6 Å². The van der Waals surface area contributed by atoms with Gasteiger partial charge in [-0.05, 0) is 105 Å². The number of unbranched alkanes of at least 4 members (excludes halogenated alkanes) is 2. The molecule has 0 saturated carbocycles. The lowest BCUT2D eigenvalue weighted by Gasteiger charge is -2.41. The van der Waals surface area contributed by atoms with Crippen molar-refractivity contribution < 1.29 is 72.1 Å². The van der Waals surface area contributed by atoms with Crippen molar-refractivity contribution >= 4 is 82.5 Å². The van der Waals surface area contributed by atoms with Gasteiger partial charge in [0.2, 0.25) is 41.4 Å². The van der Waals surface area contributed by atoms with Crippen LogP contribution in [0.25, 0.3) is 0 Å². The van der Waals surface area contributed by atoms with E-state index < -0.39 is 120 Å². The molecule has 96 heavy (non-hydrogen) atoms. The fourth-order valence-corrected chi connectivity index (χ4v) is 13.1. The maximum absolute atomic E-state index is 14.8. The molecule has 1 unspecified atom stereocenters.